The number of allylic oxidation sites excluding steroid dienone is 1. The molecule has 1 saturated carbocycles. The molecule has 1 fully saturated rings. The lowest BCUT2D eigenvalue weighted by molar-refractivity contribution is -0.119. The number of thioether (sulfide) groups is 1. The molecule has 0 bridgehead atoms. The summed E-state index contributed by atoms with van der Waals surface area (Å²) in [4.78, 5) is 12.4. The molecular formula is C21H28N4O2S. The first-order valence-electron chi connectivity index (χ1n) is 9.73. The molecule has 2 unspecified atom stereocenters. The number of methoxy groups -OCH3 is 1. The largest absolute Gasteiger partial charge is 0.496 e. The highest BCUT2D eigenvalue weighted by Crippen LogP contribution is 2.31. The summed E-state index contributed by atoms with van der Waals surface area (Å²) in [6.45, 7) is 6.62. The van der Waals surface area contributed by atoms with Crippen LogP contribution in [0.1, 0.15) is 32.6 Å². The van der Waals surface area contributed by atoms with Gasteiger partial charge in [0.05, 0.1) is 18.4 Å². The van der Waals surface area contributed by atoms with Gasteiger partial charge in [0.1, 0.15) is 5.75 Å². The zero-order valence-corrected chi connectivity index (χ0v) is 17.4. The van der Waals surface area contributed by atoms with Crippen molar-refractivity contribution in [3.8, 4) is 17.1 Å². The Kier molecular flexibility index (Phi) is 7.14. The Morgan fingerprint density at radius 1 is 1.36 bits per heavy atom. The van der Waals surface area contributed by atoms with Gasteiger partial charge in [-0.15, -0.1) is 16.8 Å². The maximum Gasteiger partial charge on any atom is 0.230 e. The Balaban J connectivity index is 1.71. The van der Waals surface area contributed by atoms with E-state index in [0.29, 0.717) is 29.2 Å². The third-order valence-electron chi connectivity index (χ3n) is 5.17. The van der Waals surface area contributed by atoms with Crippen LogP contribution < -0.4 is 10.1 Å². The summed E-state index contributed by atoms with van der Waals surface area (Å²) in [6, 6.07) is 8.00. The van der Waals surface area contributed by atoms with Gasteiger partial charge in [0, 0.05) is 12.6 Å². The van der Waals surface area contributed by atoms with E-state index in [0.717, 1.165) is 17.7 Å². The molecule has 7 heteroatoms. The van der Waals surface area contributed by atoms with Gasteiger partial charge >= 0.3 is 0 Å². The lowest BCUT2D eigenvalue weighted by Crippen LogP contribution is -2.41. The molecule has 2 aromatic rings. The molecule has 1 aromatic heterocycles. The van der Waals surface area contributed by atoms with Gasteiger partial charge in [0.2, 0.25) is 5.91 Å². The molecule has 1 N–H and O–H groups in total. The normalized spacial score (nSPS) is 19.2. The standard InChI is InChI=1S/C21H28N4O2S/c1-4-13-25-20(16-10-6-8-12-18(16)27-3)23-24-21(25)28-14-19(26)22-17-11-7-5-9-15(17)2/h4,6,8,10,12,15,17H,1,5,7,9,11,13-14H2,2-3H3,(H,22,26). The summed E-state index contributed by atoms with van der Waals surface area (Å²) in [5.74, 6) is 2.37. The van der Waals surface area contributed by atoms with Crippen molar-refractivity contribution < 1.29 is 9.53 Å². The first-order valence-corrected chi connectivity index (χ1v) is 10.7. The molecule has 0 aliphatic heterocycles. The van der Waals surface area contributed by atoms with Crippen LogP contribution in [0.4, 0.5) is 0 Å². The lowest BCUT2D eigenvalue weighted by Gasteiger charge is -2.29. The molecule has 0 spiro atoms. The van der Waals surface area contributed by atoms with Gasteiger partial charge in [0.25, 0.3) is 0 Å². The van der Waals surface area contributed by atoms with Crippen molar-refractivity contribution in [1.82, 2.24) is 20.1 Å². The molecule has 1 aliphatic carbocycles. The summed E-state index contributed by atoms with van der Waals surface area (Å²) >= 11 is 1.40. The Hall–Kier alpha value is -2.28. The summed E-state index contributed by atoms with van der Waals surface area (Å²) < 4.78 is 7.42. The van der Waals surface area contributed by atoms with Crippen molar-refractivity contribution in [1.29, 1.82) is 0 Å². The molecule has 1 aliphatic rings. The fraction of sp³-hybridized carbons (Fsp3) is 0.476. The first kappa shape index (κ1) is 20.5. The number of benzene rings is 1. The van der Waals surface area contributed by atoms with E-state index in [4.69, 9.17) is 4.74 Å². The molecule has 2 atom stereocenters. The van der Waals surface area contributed by atoms with Gasteiger partial charge in [-0.05, 0) is 30.9 Å². The second-order valence-corrected chi connectivity index (χ2v) is 8.07. The molecule has 1 aromatic carbocycles. The molecule has 3 rings (SSSR count). The van der Waals surface area contributed by atoms with Crippen LogP contribution in [0.25, 0.3) is 11.4 Å². The summed E-state index contributed by atoms with van der Waals surface area (Å²) in [5.41, 5.74) is 0.867. The molecule has 0 saturated heterocycles. The topological polar surface area (TPSA) is 69.0 Å². The monoisotopic (exact) mass is 400 g/mol. The Morgan fingerprint density at radius 3 is 2.89 bits per heavy atom. The van der Waals surface area contributed by atoms with E-state index < -0.39 is 0 Å². The number of nitrogens with one attached hydrogen (secondary N) is 1. The first-order chi connectivity index (χ1) is 13.6. The van der Waals surface area contributed by atoms with Crippen molar-refractivity contribution >= 4 is 17.7 Å². The number of carbonyl (C=O) groups is 1. The van der Waals surface area contributed by atoms with E-state index in [1.54, 1.807) is 13.2 Å². The number of nitrogens with zero attached hydrogens (tertiary/aromatic N) is 3. The number of rotatable bonds is 8. The minimum absolute atomic E-state index is 0.0516. The predicted octanol–water partition coefficient (Wildman–Crippen LogP) is 3.93. The molecule has 28 heavy (non-hydrogen) atoms. The van der Waals surface area contributed by atoms with Gasteiger partial charge in [0.15, 0.2) is 11.0 Å². The number of ether oxygens (including phenoxy) is 1. The Morgan fingerprint density at radius 2 is 2.14 bits per heavy atom. The van der Waals surface area contributed by atoms with E-state index in [9.17, 15) is 4.79 Å². The summed E-state index contributed by atoms with van der Waals surface area (Å²) in [5, 5.41) is 12.6. The number of amides is 1. The zero-order chi connectivity index (χ0) is 19.9. The SMILES string of the molecule is C=CCn1c(SCC(=O)NC2CCCCC2C)nnc1-c1ccccc1OC. The van der Waals surface area contributed by atoms with Crippen molar-refractivity contribution in [2.45, 2.75) is 50.4 Å². The smallest absolute Gasteiger partial charge is 0.230 e. The van der Waals surface area contributed by atoms with E-state index in [-0.39, 0.29) is 11.9 Å². The van der Waals surface area contributed by atoms with E-state index in [1.807, 2.05) is 28.8 Å². The fourth-order valence-corrected chi connectivity index (χ4v) is 4.39. The number of hydrogen-bond donors (Lipinski definition) is 1. The Labute approximate surface area is 170 Å². The van der Waals surface area contributed by atoms with E-state index >= 15 is 0 Å². The summed E-state index contributed by atoms with van der Waals surface area (Å²) in [7, 11) is 1.64. The van der Waals surface area contributed by atoms with Crippen LogP contribution in [0, 0.1) is 5.92 Å². The third-order valence-corrected chi connectivity index (χ3v) is 6.13. The highest BCUT2D eigenvalue weighted by Gasteiger charge is 2.23. The maximum absolute atomic E-state index is 12.4. The van der Waals surface area contributed by atoms with Crippen LogP contribution in [0.15, 0.2) is 42.1 Å². The average Bonchev–Trinajstić information content (AvgIpc) is 3.11. The number of hydrogen-bond acceptors (Lipinski definition) is 5. The van der Waals surface area contributed by atoms with Crippen molar-refractivity contribution in [2.24, 2.45) is 5.92 Å². The molecule has 6 nitrogen and oxygen atoms in total. The quantitative estimate of drug-likeness (QED) is 0.537. The van der Waals surface area contributed by atoms with Crippen LogP contribution in [0.3, 0.4) is 0 Å². The van der Waals surface area contributed by atoms with Crippen LogP contribution in [0.2, 0.25) is 0 Å². The minimum atomic E-state index is 0.0516. The van der Waals surface area contributed by atoms with Crippen molar-refractivity contribution in [3.63, 3.8) is 0 Å². The van der Waals surface area contributed by atoms with Crippen LogP contribution in [0.5, 0.6) is 5.75 Å². The molecule has 150 valence electrons. The number of aromatic nitrogens is 3. The third kappa shape index (κ3) is 4.76. The Bertz CT molecular complexity index is 820. The second kappa shape index (κ2) is 9.78. The highest BCUT2D eigenvalue weighted by atomic mass is 32.2. The fourth-order valence-electron chi connectivity index (χ4n) is 3.63. The van der Waals surface area contributed by atoms with Crippen molar-refractivity contribution in [2.75, 3.05) is 12.9 Å². The van der Waals surface area contributed by atoms with Crippen LogP contribution in [-0.2, 0) is 11.3 Å². The van der Waals surface area contributed by atoms with E-state index in [2.05, 4.69) is 29.0 Å². The highest BCUT2D eigenvalue weighted by molar-refractivity contribution is 7.99. The molecule has 0 radical (unpaired) electrons. The average molecular weight is 401 g/mol. The number of carbonyl (C=O) groups excluding carboxylic acids is 1. The molecule has 1 heterocycles. The minimum Gasteiger partial charge on any atom is -0.496 e. The van der Waals surface area contributed by atoms with Crippen molar-refractivity contribution in [3.05, 3.63) is 36.9 Å². The molecular weight excluding hydrogens is 372 g/mol. The van der Waals surface area contributed by atoms with Gasteiger partial charge in [-0.2, -0.15) is 0 Å². The number of para-hydroxylation sites is 1. The maximum atomic E-state index is 12.4. The predicted molar refractivity (Wildman–Crippen MR) is 112 cm³/mol. The second-order valence-electron chi connectivity index (χ2n) is 7.13. The van der Waals surface area contributed by atoms with Gasteiger partial charge in [-0.3, -0.25) is 9.36 Å². The molecule has 1 amide bonds. The van der Waals surface area contributed by atoms with Gasteiger partial charge in [-0.25, -0.2) is 0 Å². The van der Waals surface area contributed by atoms with E-state index in [1.165, 1.54) is 31.0 Å². The van der Waals surface area contributed by atoms with Crippen LogP contribution >= 0.6 is 11.8 Å². The summed E-state index contributed by atoms with van der Waals surface area (Å²) in [6.07, 6.45) is 6.52. The van der Waals surface area contributed by atoms with Crippen LogP contribution in [-0.4, -0.2) is 39.6 Å². The van der Waals surface area contributed by atoms with Gasteiger partial charge in [-0.1, -0.05) is 49.7 Å². The lowest BCUT2D eigenvalue weighted by atomic mass is 9.86. The van der Waals surface area contributed by atoms with Gasteiger partial charge < -0.3 is 10.1 Å². The zero-order valence-electron chi connectivity index (χ0n) is 16.6.